The molecule has 216 valence electrons. The molecular weight excluding hydrogens is 571 g/mol. The van der Waals surface area contributed by atoms with Gasteiger partial charge < -0.3 is 18.7 Å². The van der Waals surface area contributed by atoms with Crippen molar-refractivity contribution in [2.45, 2.75) is 28.4 Å². The van der Waals surface area contributed by atoms with Crippen LogP contribution in [0.15, 0.2) is 154 Å². The molecule has 6 rings (SSSR count). The van der Waals surface area contributed by atoms with Crippen molar-refractivity contribution in [3.8, 4) is 17.2 Å². The third kappa shape index (κ3) is 6.87. The summed E-state index contributed by atoms with van der Waals surface area (Å²) < 4.78 is 14.3. The van der Waals surface area contributed by atoms with Crippen LogP contribution in [-0.2, 0) is 17.5 Å². The molecule has 6 heteroatoms. The molecule has 0 amide bonds. The average molecular weight is 605 g/mol. The fourth-order valence-electron chi connectivity index (χ4n) is 5.09. The lowest BCUT2D eigenvalue weighted by atomic mass is 10.2. The highest BCUT2D eigenvalue weighted by Gasteiger charge is 2.34. The number of fused-ring (bicyclic) bond motifs is 2. The molecule has 0 spiro atoms. The number of anilines is 1. The van der Waals surface area contributed by atoms with E-state index in [2.05, 4.69) is 125 Å². The molecule has 1 unspecified atom stereocenters. The average Bonchev–Trinajstić information content (AvgIpc) is 3.58. The monoisotopic (exact) mass is 604 g/mol. The van der Waals surface area contributed by atoms with Crippen molar-refractivity contribution >= 4 is 29.2 Å². The van der Waals surface area contributed by atoms with Gasteiger partial charge in [0.1, 0.15) is 16.4 Å². The zero-order valence-corrected chi connectivity index (χ0v) is 25.9. The second-order valence-corrected chi connectivity index (χ2v) is 12.2. The van der Waals surface area contributed by atoms with Gasteiger partial charge >= 0.3 is 0 Å². The van der Waals surface area contributed by atoms with Gasteiger partial charge in [0.05, 0.1) is 24.9 Å². The van der Waals surface area contributed by atoms with E-state index in [-0.39, 0.29) is 5.44 Å². The molecule has 4 nitrogen and oxygen atoms in total. The van der Waals surface area contributed by atoms with E-state index in [4.69, 9.17) is 9.47 Å². The van der Waals surface area contributed by atoms with Crippen LogP contribution in [-0.4, -0.2) is 19.7 Å². The van der Waals surface area contributed by atoms with Crippen molar-refractivity contribution in [1.82, 2.24) is 0 Å². The van der Waals surface area contributed by atoms with E-state index >= 15 is 0 Å². The van der Waals surface area contributed by atoms with E-state index in [0.717, 1.165) is 24.7 Å². The molecule has 0 saturated carbocycles. The lowest BCUT2D eigenvalue weighted by Crippen LogP contribution is -2.16. The van der Waals surface area contributed by atoms with Gasteiger partial charge in [0.15, 0.2) is 0 Å². The van der Waals surface area contributed by atoms with Crippen LogP contribution in [0.5, 0.6) is 17.2 Å². The molecule has 0 radical (unpaired) electrons. The van der Waals surface area contributed by atoms with Gasteiger partial charge in [0.25, 0.3) is 11.2 Å². The minimum absolute atomic E-state index is 0.137. The molecule has 4 aromatic carbocycles. The van der Waals surface area contributed by atoms with Crippen molar-refractivity contribution in [3.63, 3.8) is 0 Å². The maximum absolute atomic E-state index is 5.44. The molecule has 1 atom stereocenters. The number of benzene rings is 4. The number of thioether (sulfide) groups is 2. The minimum atomic E-state index is 0.137. The number of rotatable bonds is 10. The van der Waals surface area contributed by atoms with E-state index in [1.807, 2.05) is 36.0 Å². The normalized spacial score (nSPS) is 17.0. The van der Waals surface area contributed by atoms with Gasteiger partial charge in [-0.25, -0.2) is 0 Å². The van der Waals surface area contributed by atoms with Gasteiger partial charge in [0.2, 0.25) is 6.61 Å². The first kappa shape index (κ1) is 28.8. The molecule has 2 heterocycles. The number of allylic oxidation sites excluding steroid dienone is 6. The van der Waals surface area contributed by atoms with E-state index in [1.165, 1.54) is 37.4 Å². The molecular formula is C37H34NO3S2+. The summed E-state index contributed by atoms with van der Waals surface area (Å²) in [6, 6.07) is 33.6. The largest absolute Gasteiger partial charge is 0.555 e. The molecule has 4 aromatic rings. The quantitative estimate of drug-likeness (QED) is 0.132. The molecule has 0 saturated heterocycles. The summed E-state index contributed by atoms with van der Waals surface area (Å²) in [7, 11) is 3.42. The number of hydrogen-bond acceptors (Lipinski definition) is 5. The Morgan fingerprint density at radius 3 is 2.21 bits per heavy atom. The first-order chi connectivity index (χ1) is 21.2. The smallest absolute Gasteiger partial charge is 0.270 e. The van der Waals surface area contributed by atoms with Gasteiger partial charge in [-0.05, 0) is 71.9 Å². The van der Waals surface area contributed by atoms with E-state index in [1.54, 1.807) is 26.0 Å². The van der Waals surface area contributed by atoms with Crippen molar-refractivity contribution in [2.75, 3.05) is 19.1 Å². The molecule has 0 fully saturated rings. The van der Waals surface area contributed by atoms with E-state index in [0.29, 0.717) is 0 Å². The Labute approximate surface area is 262 Å². The van der Waals surface area contributed by atoms with Crippen LogP contribution in [0.3, 0.4) is 0 Å². The first-order valence-electron chi connectivity index (χ1n) is 14.2. The third-order valence-electron chi connectivity index (χ3n) is 7.17. The van der Waals surface area contributed by atoms with Crippen LogP contribution in [0.25, 0.3) is 0 Å². The Balaban J connectivity index is 1.12. The summed E-state index contributed by atoms with van der Waals surface area (Å²) >= 11 is 3.65. The number of methoxy groups -OCH3 is 2. The molecule has 2 aliphatic rings. The van der Waals surface area contributed by atoms with Gasteiger partial charge in [-0.1, -0.05) is 84.6 Å². The second kappa shape index (κ2) is 13.8. The molecule has 0 aromatic heterocycles. The summed E-state index contributed by atoms with van der Waals surface area (Å²) in [5, 5.41) is 1.20. The van der Waals surface area contributed by atoms with E-state index in [9.17, 15) is 0 Å². The topological polar surface area (TPSA) is 24.4 Å². The summed E-state index contributed by atoms with van der Waals surface area (Å²) in [6.07, 6.45) is 14.9. The number of para-hydroxylation sites is 2. The zero-order valence-electron chi connectivity index (χ0n) is 24.3. The summed E-state index contributed by atoms with van der Waals surface area (Å²) in [4.78, 5) is 4.91. The molecule has 0 aliphatic carbocycles. The standard InChI is InChI=1S/C37H34NO3S2/c1-39-30-16-12-14-28(24-30)26-38-32-18-8-10-20-34(32)42-36(38)22-6-4-3-5-7-23-37-41(33-19-9-11-21-35(33)43-37)27-29-15-13-17-31(25-29)40-2/h3-25,37H,26-27H2,1-2H3/q+1/b5-3+,6-4+,23-7+,36-22+. The highest BCUT2D eigenvalue weighted by molar-refractivity contribution is 8.03. The predicted molar refractivity (Wildman–Crippen MR) is 180 cm³/mol. The number of ether oxygens (including phenoxy) is 2. The third-order valence-corrected chi connectivity index (χ3v) is 9.52. The number of nitrogens with zero attached hydrogens (tertiary/aromatic N) is 1. The van der Waals surface area contributed by atoms with Crippen molar-refractivity contribution < 1.29 is 13.8 Å². The molecule has 0 bridgehead atoms. The highest BCUT2D eigenvalue weighted by atomic mass is 32.2. The van der Waals surface area contributed by atoms with Gasteiger partial charge in [-0.15, -0.1) is 0 Å². The predicted octanol–water partition coefficient (Wildman–Crippen LogP) is 9.92. The summed E-state index contributed by atoms with van der Waals surface area (Å²) in [6.45, 7) is 1.52. The Bertz CT molecular complexity index is 1690. The highest BCUT2D eigenvalue weighted by Crippen LogP contribution is 2.51. The van der Waals surface area contributed by atoms with Crippen molar-refractivity contribution in [2.24, 2.45) is 0 Å². The Hall–Kier alpha value is -4.26. The van der Waals surface area contributed by atoms with Gasteiger partial charge in [-0.2, -0.15) is 0 Å². The molecule has 0 N–H and O–H groups in total. The van der Waals surface area contributed by atoms with Gasteiger partial charge in [0, 0.05) is 29.1 Å². The van der Waals surface area contributed by atoms with Crippen LogP contribution < -0.4 is 14.4 Å². The summed E-state index contributed by atoms with van der Waals surface area (Å²) in [5.41, 5.74) is 3.78. The fraction of sp³-hybridized carbons (Fsp3) is 0.135. The SMILES string of the molecule is COc1cccc(CN2\C(=C/C=C/C=C/C=C/C3Sc4ccccc4[O+]3Cc3cccc(OC)c3)Sc3ccccc32)c1. The van der Waals surface area contributed by atoms with Crippen molar-refractivity contribution in [1.29, 1.82) is 0 Å². The second-order valence-electron chi connectivity index (χ2n) is 10.0. The Morgan fingerprint density at radius 1 is 0.721 bits per heavy atom. The fourth-order valence-corrected chi connectivity index (χ4v) is 7.32. The Kier molecular flexibility index (Phi) is 9.26. The summed E-state index contributed by atoms with van der Waals surface area (Å²) in [5.74, 6) is 2.94. The van der Waals surface area contributed by atoms with Crippen LogP contribution >= 0.6 is 23.5 Å². The maximum atomic E-state index is 5.44. The van der Waals surface area contributed by atoms with E-state index < -0.39 is 0 Å². The van der Waals surface area contributed by atoms with Crippen LogP contribution in [0.2, 0.25) is 0 Å². The minimum Gasteiger partial charge on any atom is -0.555 e. The molecule has 43 heavy (non-hydrogen) atoms. The maximum Gasteiger partial charge on any atom is 0.270 e. The van der Waals surface area contributed by atoms with Crippen LogP contribution in [0.4, 0.5) is 5.69 Å². The first-order valence-corrected chi connectivity index (χ1v) is 15.9. The van der Waals surface area contributed by atoms with Crippen molar-refractivity contribution in [3.05, 3.63) is 156 Å². The number of hydrogen-bond donors (Lipinski definition) is 0. The van der Waals surface area contributed by atoms with Gasteiger partial charge in [-0.3, -0.25) is 0 Å². The molecule has 2 aliphatic heterocycles. The van der Waals surface area contributed by atoms with Crippen LogP contribution in [0, 0.1) is 0 Å². The lowest BCUT2D eigenvalue weighted by molar-refractivity contribution is -0.0646. The van der Waals surface area contributed by atoms with Crippen LogP contribution in [0.1, 0.15) is 11.1 Å². The Morgan fingerprint density at radius 2 is 1.40 bits per heavy atom. The lowest BCUT2D eigenvalue weighted by Gasteiger charge is -2.24. The zero-order chi connectivity index (χ0) is 29.4.